The molecule has 1 fully saturated rings. The fourth-order valence-electron chi connectivity index (χ4n) is 2.11. The van der Waals surface area contributed by atoms with Crippen LogP contribution in [0.4, 0.5) is 5.69 Å². The van der Waals surface area contributed by atoms with Gasteiger partial charge in [-0.15, -0.1) is 0 Å². The van der Waals surface area contributed by atoms with Crippen LogP contribution in [0.3, 0.4) is 0 Å². The third-order valence-electron chi connectivity index (χ3n) is 3.14. The third-order valence-corrected chi connectivity index (χ3v) is 3.14. The van der Waals surface area contributed by atoms with Crippen molar-refractivity contribution in [1.29, 1.82) is 0 Å². The summed E-state index contributed by atoms with van der Waals surface area (Å²) in [6, 6.07) is 7.82. The molecular weight excluding hydrogens is 202 g/mol. The topological polar surface area (TPSA) is 52.3 Å². The van der Waals surface area contributed by atoms with Gasteiger partial charge >= 0.3 is 5.97 Å². The van der Waals surface area contributed by atoms with Crippen LogP contribution in [0.5, 0.6) is 0 Å². The highest BCUT2D eigenvalue weighted by atomic mass is 16.5. The number of hydrogen-bond donors (Lipinski definition) is 1. The van der Waals surface area contributed by atoms with Crippen molar-refractivity contribution in [3.63, 3.8) is 0 Å². The van der Waals surface area contributed by atoms with Gasteiger partial charge in [0.2, 0.25) is 0 Å². The smallest absolute Gasteiger partial charge is 0.306 e. The first kappa shape index (κ1) is 11.0. The molecule has 1 aromatic carbocycles. The van der Waals surface area contributed by atoms with E-state index in [2.05, 4.69) is 0 Å². The predicted molar refractivity (Wildman–Crippen MR) is 63.0 cm³/mol. The normalized spacial score (nSPS) is 16.8. The van der Waals surface area contributed by atoms with Crippen LogP contribution >= 0.6 is 0 Å². The number of methoxy groups -OCH3 is 1. The molecule has 2 rings (SSSR count). The number of rotatable bonds is 4. The monoisotopic (exact) mass is 219 g/mol. The molecule has 2 N–H and O–H groups in total. The van der Waals surface area contributed by atoms with Gasteiger partial charge in [-0.2, -0.15) is 0 Å². The Labute approximate surface area is 95.6 Å². The lowest BCUT2D eigenvalue weighted by Crippen LogP contribution is -2.10. The van der Waals surface area contributed by atoms with Crippen LogP contribution in [0.2, 0.25) is 0 Å². The van der Waals surface area contributed by atoms with E-state index in [1.165, 1.54) is 20.0 Å². The fourth-order valence-corrected chi connectivity index (χ4v) is 2.11. The number of carbonyl (C=O) groups excluding carboxylic acids is 1. The molecule has 86 valence electrons. The fraction of sp³-hybridized carbons (Fsp3) is 0.462. The minimum atomic E-state index is -0.140. The Balaban J connectivity index is 2.15. The summed E-state index contributed by atoms with van der Waals surface area (Å²) in [7, 11) is 1.44. The van der Waals surface area contributed by atoms with Crippen molar-refractivity contribution in [2.24, 2.45) is 5.92 Å². The molecule has 0 heterocycles. The molecule has 1 aromatic rings. The molecule has 0 aliphatic heterocycles. The molecule has 0 bridgehead atoms. The highest BCUT2D eigenvalue weighted by Crippen LogP contribution is 2.44. The van der Waals surface area contributed by atoms with Crippen LogP contribution in [0.1, 0.15) is 30.7 Å². The summed E-state index contributed by atoms with van der Waals surface area (Å²) >= 11 is 0. The van der Waals surface area contributed by atoms with Crippen molar-refractivity contribution >= 4 is 11.7 Å². The summed E-state index contributed by atoms with van der Waals surface area (Å²) < 4.78 is 4.74. The van der Waals surface area contributed by atoms with Gasteiger partial charge in [0, 0.05) is 5.69 Å². The SMILES string of the molecule is COC(=O)CC(c1cccc(N)c1)C1CC1. The van der Waals surface area contributed by atoms with Gasteiger partial charge in [0.25, 0.3) is 0 Å². The van der Waals surface area contributed by atoms with Crippen LogP contribution < -0.4 is 5.73 Å². The number of nitrogens with two attached hydrogens (primary N) is 1. The Morgan fingerprint density at radius 2 is 2.31 bits per heavy atom. The zero-order chi connectivity index (χ0) is 11.5. The largest absolute Gasteiger partial charge is 0.469 e. The minimum absolute atomic E-state index is 0.140. The molecule has 0 amide bonds. The lowest BCUT2D eigenvalue weighted by Gasteiger charge is -2.15. The number of hydrogen-bond acceptors (Lipinski definition) is 3. The zero-order valence-electron chi connectivity index (χ0n) is 9.48. The molecule has 1 atom stereocenters. The maximum atomic E-state index is 11.4. The van der Waals surface area contributed by atoms with Gasteiger partial charge in [-0.05, 0) is 42.4 Å². The van der Waals surface area contributed by atoms with Crippen LogP contribution in [0.25, 0.3) is 0 Å². The second-order valence-corrected chi connectivity index (χ2v) is 4.39. The predicted octanol–water partition coefficient (Wildman–Crippen LogP) is 2.33. The van der Waals surface area contributed by atoms with E-state index in [4.69, 9.17) is 10.5 Å². The molecule has 0 radical (unpaired) electrons. The zero-order valence-corrected chi connectivity index (χ0v) is 9.48. The Hall–Kier alpha value is -1.51. The highest BCUT2D eigenvalue weighted by Gasteiger charge is 2.33. The summed E-state index contributed by atoms with van der Waals surface area (Å²) in [5.41, 5.74) is 7.68. The number of anilines is 1. The summed E-state index contributed by atoms with van der Waals surface area (Å²) in [5.74, 6) is 0.760. The lowest BCUT2D eigenvalue weighted by molar-refractivity contribution is -0.141. The van der Waals surface area contributed by atoms with Gasteiger partial charge in [-0.1, -0.05) is 12.1 Å². The Kier molecular flexibility index (Phi) is 3.13. The molecule has 1 saturated carbocycles. The van der Waals surface area contributed by atoms with Crippen LogP contribution in [-0.2, 0) is 9.53 Å². The maximum absolute atomic E-state index is 11.4. The van der Waals surface area contributed by atoms with E-state index >= 15 is 0 Å². The first-order chi connectivity index (χ1) is 7.70. The van der Waals surface area contributed by atoms with Gasteiger partial charge in [-0.25, -0.2) is 0 Å². The Morgan fingerprint density at radius 3 is 2.88 bits per heavy atom. The second kappa shape index (κ2) is 4.56. The van der Waals surface area contributed by atoms with Crippen molar-refractivity contribution in [2.75, 3.05) is 12.8 Å². The van der Waals surface area contributed by atoms with E-state index in [0.29, 0.717) is 12.3 Å². The van der Waals surface area contributed by atoms with Crippen molar-refractivity contribution in [3.05, 3.63) is 29.8 Å². The maximum Gasteiger partial charge on any atom is 0.306 e. The third kappa shape index (κ3) is 2.54. The van der Waals surface area contributed by atoms with Gasteiger partial charge in [0.05, 0.1) is 13.5 Å². The van der Waals surface area contributed by atoms with E-state index < -0.39 is 0 Å². The van der Waals surface area contributed by atoms with Crippen LogP contribution in [-0.4, -0.2) is 13.1 Å². The Bertz CT molecular complexity index is 385. The van der Waals surface area contributed by atoms with E-state index in [0.717, 1.165) is 11.3 Å². The van der Waals surface area contributed by atoms with E-state index in [9.17, 15) is 4.79 Å². The van der Waals surface area contributed by atoms with Gasteiger partial charge in [0.1, 0.15) is 0 Å². The summed E-state index contributed by atoms with van der Waals surface area (Å²) in [5, 5.41) is 0. The lowest BCUT2D eigenvalue weighted by atomic mass is 9.91. The molecule has 1 unspecified atom stereocenters. The average Bonchev–Trinajstić information content (AvgIpc) is 3.09. The number of esters is 1. The number of ether oxygens (including phenoxy) is 1. The quantitative estimate of drug-likeness (QED) is 0.624. The molecular formula is C13H17NO2. The number of benzene rings is 1. The van der Waals surface area contributed by atoms with Crippen LogP contribution in [0.15, 0.2) is 24.3 Å². The first-order valence-corrected chi connectivity index (χ1v) is 5.63. The van der Waals surface area contributed by atoms with E-state index in [-0.39, 0.29) is 11.9 Å². The molecule has 0 saturated heterocycles. The first-order valence-electron chi connectivity index (χ1n) is 5.63. The second-order valence-electron chi connectivity index (χ2n) is 4.39. The Morgan fingerprint density at radius 1 is 1.56 bits per heavy atom. The minimum Gasteiger partial charge on any atom is -0.469 e. The number of nitrogen functional groups attached to an aromatic ring is 1. The van der Waals surface area contributed by atoms with Gasteiger partial charge in [-0.3, -0.25) is 4.79 Å². The molecule has 1 aliphatic rings. The highest BCUT2D eigenvalue weighted by molar-refractivity contribution is 5.70. The molecule has 3 nitrogen and oxygen atoms in total. The summed E-state index contributed by atoms with van der Waals surface area (Å²) in [6.45, 7) is 0. The standard InChI is InChI=1S/C13H17NO2/c1-16-13(15)8-12(9-5-6-9)10-3-2-4-11(14)7-10/h2-4,7,9,12H,5-6,8,14H2,1H3. The molecule has 3 heteroatoms. The van der Waals surface area contributed by atoms with E-state index in [1.807, 2.05) is 24.3 Å². The van der Waals surface area contributed by atoms with Gasteiger partial charge in [0.15, 0.2) is 0 Å². The average molecular weight is 219 g/mol. The van der Waals surface area contributed by atoms with E-state index in [1.54, 1.807) is 0 Å². The van der Waals surface area contributed by atoms with Gasteiger partial charge < -0.3 is 10.5 Å². The van der Waals surface area contributed by atoms with Crippen molar-refractivity contribution in [3.8, 4) is 0 Å². The van der Waals surface area contributed by atoms with Crippen LogP contribution in [0, 0.1) is 5.92 Å². The van der Waals surface area contributed by atoms with Crippen molar-refractivity contribution in [1.82, 2.24) is 0 Å². The molecule has 1 aliphatic carbocycles. The molecule has 16 heavy (non-hydrogen) atoms. The summed E-state index contributed by atoms with van der Waals surface area (Å²) in [6.07, 6.45) is 2.87. The van der Waals surface area contributed by atoms with Crippen molar-refractivity contribution < 1.29 is 9.53 Å². The van der Waals surface area contributed by atoms with Crippen molar-refractivity contribution in [2.45, 2.75) is 25.2 Å². The molecule has 0 spiro atoms. The molecule has 0 aromatic heterocycles. The summed E-state index contributed by atoms with van der Waals surface area (Å²) in [4.78, 5) is 11.4. The number of carbonyl (C=O) groups is 1.